The molecule has 0 saturated carbocycles. The quantitative estimate of drug-likeness (QED) is 0.849. The van der Waals surface area contributed by atoms with Crippen molar-refractivity contribution in [2.24, 2.45) is 0 Å². The van der Waals surface area contributed by atoms with Crippen molar-refractivity contribution in [3.63, 3.8) is 0 Å². The highest BCUT2D eigenvalue weighted by Crippen LogP contribution is 2.22. The monoisotopic (exact) mass is 260 g/mol. The second-order valence-corrected chi connectivity index (χ2v) is 3.47. The molecule has 1 amide bonds. The van der Waals surface area contributed by atoms with E-state index in [0.29, 0.717) is 0 Å². The number of alkyl halides is 3. The molecule has 96 valence electrons. The first-order valence-electron chi connectivity index (χ1n) is 4.88. The normalized spacial score (nSPS) is 10.8. The third-order valence-electron chi connectivity index (χ3n) is 2.01. The molecular weight excluding hydrogens is 252 g/mol. The minimum absolute atomic E-state index is 0.0563. The molecule has 7 heteroatoms. The topological polar surface area (TPSA) is 52.9 Å². The molecule has 0 bridgehead atoms. The molecule has 0 heterocycles. The maximum absolute atomic E-state index is 13.3. The Hall–Kier alpha value is -2.10. The number of benzene rings is 1. The molecule has 3 nitrogen and oxygen atoms in total. The Labute approximate surface area is 100 Å². The molecule has 1 rings (SSSR count). The van der Waals surface area contributed by atoms with E-state index in [2.05, 4.69) is 0 Å². The Morgan fingerprint density at radius 1 is 1.39 bits per heavy atom. The molecule has 0 unspecified atom stereocenters. The number of carbonyl (C=O) groups excluding carboxylic acids is 1. The highest BCUT2D eigenvalue weighted by Gasteiger charge is 2.28. The second-order valence-electron chi connectivity index (χ2n) is 3.47. The molecule has 0 aromatic heterocycles. The van der Waals surface area contributed by atoms with E-state index in [1.165, 1.54) is 6.07 Å². The van der Waals surface area contributed by atoms with Gasteiger partial charge in [0.05, 0.1) is 23.7 Å². The van der Waals surface area contributed by atoms with Crippen molar-refractivity contribution in [1.82, 2.24) is 0 Å². The first-order valence-corrected chi connectivity index (χ1v) is 4.88. The van der Waals surface area contributed by atoms with Crippen molar-refractivity contribution in [1.29, 1.82) is 5.26 Å². The van der Waals surface area contributed by atoms with Gasteiger partial charge in [-0.3, -0.25) is 4.79 Å². The minimum atomic E-state index is -4.43. The van der Waals surface area contributed by atoms with Crippen LogP contribution in [0.5, 0.6) is 0 Å². The maximum Gasteiger partial charge on any atom is 0.389 e. The van der Waals surface area contributed by atoms with Crippen LogP contribution in [0, 0.1) is 17.1 Å². The Morgan fingerprint density at radius 2 is 2.06 bits per heavy atom. The first-order chi connectivity index (χ1) is 8.31. The second kappa shape index (κ2) is 5.49. The summed E-state index contributed by atoms with van der Waals surface area (Å²) in [6, 6.07) is 4.96. The Balaban J connectivity index is 2.63. The van der Waals surface area contributed by atoms with Crippen molar-refractivity contribution < 1.29 is 22.4 Å². The number of rotatable bonds is 3. The Bertz CT molecular complexity index is 491. The third-order valence-corrected chi connectivity index (χ3v) is 2.01. The molecular formula is C11H8F4N2O. The van der Waals surface area contributed by atoms with Gasteiger partial charge < -0.3 is 5.32 Å². The van der Waals surface area contributed by atoms with Gasteiger partial charge in [0.15, 0.2) is 0 Å². The minimum Gasteiger partial charge on any atom is -0.324 e. The van der Waals surface area contributed by atoms with E-state index >= 15 is 0 Å². The first kappa shape index (κ1) is 14.0. The van der Waals surface area contributed by atoms with Crippen LogP contribution in [-0.2, 0) is 4.79 Å². The number of hydrogen-bond donors (Lipinski definition) is 1. The molecule has 0 spiro atoms. The number of nitrogens with one attached hydrogen (secondary N) is 1. The number of nitrogens with zero attached hydrogens (tertiary/aromatic N) is 1. The average Bonchev–Trinajstić information content (AvgIpc) is 2.28. The zero-order valence-corrected chi connectivity index (χ0v) is 9.01. The number of halogens is 4. The molecule has 0 aliphatic carbocycles. The summed E-state index contributed by atoms with van der Waals surface area (Å²) < 4.78 is 48.8. The summed E-state index contributed by atoms with van der Waals surface area (Å²) in [6.07, 6.45) is -6.47. The fourth-order valence-corrected chi connectivity index (χ4v) is 1.15. The van der Waals surface area contributed by atoms with Gasteiger partial charge in [-0.05, 0) is 18.2 Å². The molecule has 1 aromatic rings. The molecule has 0 fully saturated rings. The summed E-state index contributed by atoms with van der Waals surface area (Å²) in [5.41, 5.74) is -0.193. The van der Waals surface area contributed by atoms with Crippen molar-refractivity contribution in [2.75, 3.05) is 5.32 Å². The largest absolute Gasteiger partial charge is 0.389 e. The molecule has 1 N–H and O–H groups in total. The molecule has 0 aliphatic rings. The van der Waals surface area contributed by atoms with Gasteiger partial charge in [0, 0.05) is 6.42 Å². The average molecular weight is 260 g/mol. The molecule has 0 atom stereocenters. The van der Waals surface area contributed by atoms with Gasteiger partial charge in [-0.2, -0.15) is 18.4 Å². The highest BCUT2D eigenvalue weighted by atomic mass is 19.4. The number of anilines is 1. The van der Waals surface area contributed by atoms with Crippen LogP contribution < -0.4 is 5.32 Å². The SMILES string of the molecule is N#Cc1ccc(NC(=O)CCC(F)(F)F)c(F)c1. The van der Waals surface area contributed by atoms with Crippen LogP contribution in [0.3, 0.4) is 0 Å². The van der Waals surface area contributed by atoms with Crippen LogP contribution in [0.1, 0.15) is 18.4 Å². The fraction of sp³-hybridized carbons (Fsp3) is 0.273. The smallest absolute Gasteiger partial charge is 0.324 e. The van der Waals surface area contributed by atoms with Gasteiger partial charge in [0.1, 0.15) is 5.82 Å². The van der Waals surface area contributed by atoms with Crippen LogP contribution >= 0.6 is 0 Å². The Morgan fingerprint density at radius 3 is 2.56 bits per heavy atom. The van der Waals surface area contributed by atoms with Crippen LogP contribution in [-0.4, -0.2) is 12.1 Å². The van der Waals surface area contributed by atoms with E-state index in [1.807, 2.05) is 5.32 Å². The van der Waals surface area contributed by atoms with E-state index in [0.717, 1.165) is 12.1 Å². The van der Waals surface area contributed by atoms with Crippen molar-refractivity contribution >= 4 is 11.6 Å². The van der Waals surface area contributed by atoms with Gasteiger partial charge in [0.25, 0.3) is 0 Å². The molecule has 0 aliphatic heterocycles. The number of carbonyl (C=O) groups is 1. The van der Waals surface area contributed by atoms with Crippen LogP contribution in [0.25, 0.3) is 0 Å². The van der Waals surface area contributed by atoms with Gasteiger partial charge in [-0.25, -0.2) is 4.39 Å². The van der Waals surface area contributed by atoms with E-state index in [-0.39, 0.29) is 11.3 Å². The standard InChI is InChI=1S/C11H8F4N2O/c12-8-5-7(6-16)1-2-9(8)17-10(18)3-4-11(13,14)15/h1-2,5H,3-4H2,(H,17,18). The summed E-state index contributed by atoms with van der Waals surface area (Å²) >= 11 is 0. The van der Waals surface area contributed by atoms with Crippen LogP contribution in [0.4, 0.5) is 23.2 Å². The maximum atomic E-state index is 13.3. The van der Waals surface area contributed by atoms with E-state index in [4.69, 9.17) is 5.26 Å². The zero-order chi connectivity index (χ0) is 13.8. The predicted octanol–water partition coefficient (Wildman–Crippen LogP) is 2.98. The van der Waals surface area contributed by atoms with Gasteiger partial charge >= 0.3 is 6.18 Å². The fourth-order valence-electron chi connectivity index (χ4n) is 1.15. The van der Waals surface area contributed by atoms with E-state index < -0.39 is 30.7 Å². The van der Waals surface area contributed by atoms with E-state index in [1.54, 1.807) is 6.07 Å². The molecule has 18 heavy (non-hydrogen) atoms. The van der Waals surface area contributed by atoms with Crippen LogP contribution in [0.15, 0.2) is 18.2 Å². The van der Waals surface area contributed by atoms with Crippen molar-refractivity contribution in [3.8, 4) is 6.07 Å². The van der Waals surface area contributed by atoms with Gasteiger partial charge in [-0.15, -0.1) is 0 Å². The number of nitriles is 1. The summed E-state index contributed by atoms with van der Waals surface area (Å²) in [7, 11) is 0. The molecule has 1 aromatic carbocycles. The number of amides is 1. The van der Waals surface area contributed by atoms with Crippen molar-refractivity contribution in [2.45, 2.75) is 19.0 Å². The van der Waals surface area contributed by atoms with Crippen molar-refractivity contribution in [3.05, 3.63) is 29.6 Å². The summed E-state index contributed by atoms with van der Waals surface area (Å²) in [5.74, 6) is -1.80. The number of hydrogen-bond acceptors (Lipinski definition) is 2. The Kier molecular flexibility index (Phi) is 4.26. The predicted molar refractivity (Wildman–Crippen MR) is 55.0 cm³/mol. The lowest BCUT2D eigenvalue weighted by Crippen LogP contribution is -2.17. The van der Waals surface area contributed by atoms with Crippen LogP contribution in [0.2, 0.25) is 0 Å². The summed E-state index contributed by atoms with van der Waals surface area (Å²) in [6.45, 7) is 0. The lowest BCUT2D eigenvalue weighted by atomic mass is 10.2. The molecule has 0 saturated heterocycles. The third kappa shape index (κ3) is 4.41. The van der Waals surface area contributed by atoms with Gasteiger partial charge in [-0.1, -0.05) is 0 Å². The van der Waals surface area contributed by atoms with Gasteiger partial charge in [0.2, 0.25) is 5.91 Å². The van der Waals surface area contributed by atoms with E-state index in [9.17, 15) is 22.4 Å². The summed E-state index contributed by atoms with van der Waals surface area (Å²) in [5, 5.41) is 10.5. The molecule has 0 radical (unpaired) electrons. The lowest BCUT2D eigenvalue weighted by Gasteiger charge is -2.08. The zero-order valence-electron chi connectivity index (χ0n) is 9.01. The highest BCUT2D eigenvalue weighted by molar-refractivity contribution is 5.90. The lowest BCUT2D eigenvalue weighted by molar-refractivity contribution is -0.142. The summed E-state index contributed by atoms with van der Waals surface area (Å²) in [4.78, 5) is 11.1.